The predicted octanol–water partition coefficient (Wildman–Crippen LogP) is 1.28. The van der Waals surface area contributed by atoms with E-state index in [0.717, 1.165) is 42.7 Å². The van der Waals surface area contributed by atoms with Crippen LogP contribution in [0.15, 0.2) is 18.2 Å². The van der Waals surface area contributed by atoms with Crippen molar-refractivity contribution in [3.05, 3.63) is 29.3 Å². The first-order valence-electron chi connectivity index (χ1n) is 6.37. The number of ether oxygens (including phenoxy) is 1. The third-order valence-corrected chi connectivity index (χ3v) is 3.82. The van der Waals surface area contributed by atoms with Crippen molar-refractivity contribution in [3.8, 4) is 5.75 Å². The van der Waals surface area contributed by atoms with Crippen LogP contribution in [-0.4, -0.2) is 35.6 Å². The molecule has 1 aromatic rings. The van der Waals surface area contributed by atoms with Gasteiger partial charge in [0.1, 0.15) is 5.75 Å². The summed E-state index contributed by atoms with van der Waals surface area (Å²) in [5, 5.41) is 9.73. The Bertz CT molecular complexity index is 486. The number of likely N-dealkylation sites (tertiary alicyclic amines) is 1. The van der Waals surface area contributed by atoms with Gasteiger partial charge in [-0.1, -0.05) is 6.07 Å². The Kier molecular flexibility index (Phi) is 2.74. The molecule has 1 aliphatic heterocycles. The molecule has 1 aromatic carbocycles. The first-order chi connectivity index (χ1) is 8.65. The topological polar surface area (TPSA) is 49.8 Å². The molecule has 2 aliphatic rings. The van der Waals surface area contributed by atoms with Crippen LogP contribution >= 0.6 is 0 Å². The normalized spacial score (nSPS) is 26.6. The van der Waals surface area contributed by atoms with Gasteiger partial charge in [0.2, 0.25) is 0 Å². The van der Waals surface area contributed by atoms with E-state index in [1.165, 1.54) is 0 Å². The number of nitrogens with zero attached hydrogens (tertiary/aromatic N) is 1. The number of aliphatic hydroxyl groups is 1. The van der Waals surface area contributed by atoms with Gasteiger partial charge in [-0.15, -0.1) is 0 Å². The van der Waals surface area contributed by atoms with Gasteiger partial charge in [0.15, 0.2) is 6.10 Å². The zero-order valence-corrected chi connectivity index (χ0v) is 10.4. The van der Waals surface area contributed by atoms with Gasteiger partial charge >= 0.3 is 0 Å². The van der Waals surface area contributed by atoms with Crippen LogP contribution < -0.4 is 4.74 Å². The zero-order chi connectivity index (χ0) is 12.7. The molecule has 1 aliphatic carbocycles. The lowest BCUT2D eigenvalue weighted by Crippen LogP contribution is -2.29. The van der Waals surface area contributed by atoms with E-state index in [1.54, 1.807) is 11.9 Å². The number of hydrogen-bond donors (Lipinski definition) is 1. The molecule has 2 atom stereocenters. The number of fused-ring (bicyclic) bond motifs is 1. The van der Waals surface area contributed by atoms with E-state index in [2.05, 4.69) is 0 Å². The summed E-state index contributed by atoms with van der Waals surface area (Å²) >= 11 is 0. The quantitative estimate of drug-likeness (QED) is 0.856. The minimum Gasteiger partial charge on any atom is -0.481 e. The highest BCUT2D eigenvalue weighted by Crippen LogP contribution is 2.33. The Morgan fingerprint density at radius 1 is 1.39 bits per heavy atom. The summed E-state index contributed by atoms with van der Waals surface area (Å²) < 4.78 is 5.75. The van der Waals surface area contributed by atoms with Crippen LogP contribution in [0.25, 0.3) is 0 Å². The second kappa shape index (κ2) is 4.28. The lowest BCUT2D eigenvalue weighted by molar-refractivity contribution is -0.132. The SMILES string of the molecule is CN1CCC(Oc2ccc3c(c2)CCC3O)C1=O. The van der Waals surface area contributed by atoms with E-state index in [4.69, 9.17) is 4.74 Å². The van der Waals surface area contributed by atoms with Crippen molar-refractivity contribution in [2.75, 3.05) is 13.6 Å². The molecule has 1 heterocycles. The Morgan fingerprint density at radius 3 is 2.94 bits per heavy atom. The number of benzene rings is 1. The molecule has 3 rings (SSSR count). The molecule has 4 nitrogen and oxygen atoms in total. The first kappa shape index (κ1) is 11.5. The van der Waals surface area contributed by atoms with Crippen molar-refractivity contribution in [3.63, 3.8) is 0 Å². The van der Waals surface area contributed by atoms with Gasteiger partial charge in [0, 0.05) is 20.0 Å². The van der Waals surface area contributed by atoms with Gasteiger partial charge in [0.25, 0.3) is 5.91 Å². The Morgan fingerprint density at radius 2 is 2.22 bits per heavy atom. The van der Waals surface area contributed by atoms with Gasteiger partial charge in [-0.2, -0.15) is 0 Å². The summed E-state index contributed by atoms with van der Waals surface area (Å²) in [7, 11) is 1.80. The average Bonchev–Trinajstić information content (AvgIpc) is 2.88. The number of hydrogen-bond acceptors (Lipinski definition) is 3. The second-order valence-electron chi connectivity index (χ2n) is 5.07. The molecular weight excluding hydrogens is 230 g/mol. The minimum atomic E-state index is -0.348. The van der Waals surface area contributed by atoms with E-state index in [0.29, 0.717) is 0 Å². The highest BCUT2D eigenvalue weighted by atomic mass is 16.5. The van der Waals surface area contributed by atoms with Crippen LogP contribution in [0.1, 0.15) is 30.1 Å². The molecule has 1 fully saturated rings. The molecule has 0 spiro atoms. The molecule has 0 bridgehead atoms. The number of carbonyl (C=O) groups is 1. The highest BCUT2D eigenvalue weighted by Gasteiger charge is 2.31. The van der Waals surface area contributed by atoms with Crippen LogP contribution in [0.4, 0.5) is 0 Å². The first-order valence-corrected chi connectivity index (χ1v) is 6.37. The molecule has 4 heteroatoms. The smallest absolute Gasteiger partial charge is 0.263 e. The zero-order valence-electron chi connectivity index (χ0n) is 10.4. The monoisotopic (exact) mass is 247 g/mol. The largest absolute Gasteiger partial charge is 0.481 e. The lowest BCUT2D eigenvalue weighted by atomic mass is 10.1. The highest BCUT2D eigenvalue weighted by molar-refractivity contribution is 5.83. The molecule has 1 saturated heterocycles. The van der Waals surface area contributed by atoms with Gasteiger partial charge in [-0.3, -0.25) is 4.79 Å². The number of aryl methyl sites for hydroxylation is 1. The van der Waals surface area contributed by atoms with Crippen molar-refractivity contribution in [1.29, 1.82) is 0 Å². The molecule has 18 heavy (non-hydrogen) atoms. The van der Waals surface area contributed by atoms with Crippen molar-refractivity contribution in [1.82, 2.24) is 4.90 Å². The van der Waals surface area contributed by atoms with Crippen molar-refractivity contribution in [2.45, 2.75) is 31.5 Å². The molecule has 0 radical (unpaired) electrons. The van der Waals surface area contributed by atoms with Gasteiger partial charge in [-0.25, -0.2) is 0 Å². The van der Waals surface area contributed by atoms with E-state index in [-0.39, 0.29) is 18.1 Å². The summed E-state index contributed by atoms with van der Waals surface area (Å²) in [5.41, 5.74) is 2.14. The van der Waals surface area contributed by atoms with Crippen LogP contribution in [0.2, 0.25) is 0 Å². The Balaban J connectivity index is 1.76. The summed E-state index contributed by atoms with van der Waals surface area (Å²) in [6.45, 7) is 0.757. The third kappa shape index (κ3) is 1.86. The van der Waals surface area contributed by atoms with Crippen molar-refractivity contribution in [2.24, 2.45) is 0 Å². The number of carbonyl (C=O) groups excluding carboxylic acids is 1. The average molecular weight is 247 g/mol. The third-order valence-electron chi connectivity index (χ3n) is 3.82. The van der Waals surface area contributed by atoms with E-state index >= 15 is 0 Å². The maximum Gasteiger partial charge on any atom is 0.263 e. The van der Waals surface area contributed by atoms with Crippen LogP contribution in [0.5, 0.6) is 5.75 Å². The minimum absolute atomic E-state index is 0.0514. The molecule has 1 amide bonds. The summed E-state index contributed by atoms with van der Waals surface area (Å²) in [4.78, 5) is 13.5. The van der Waals surface area contributed by atoms with Crippen molar-refractivity contribution >= 4 is 5.91 Å². The predicted molar refractivity (Wildman–Crippen MR) is 66.4 cm³/mol. The fourth-order valence-electron chi connectivity index (χ4n) is 2.71. The van der Waals surface area contributed by atoms with Crippen molar-refractivity contribution < 1.29 is 14.6 Å². The standard InChI is InChI=1S/C14H17NO3/c1-15-7-6-13(14(15)17)18-10-3-4-11-9(8-10)2-5-12(11)16/h3-4,8,12-13,16H,2,5-7H2,1H3. The van der Waals surface area contributed by atoms with Crippen LogP contribution in [0.3, 0.4) is 0 Å². The summed E-state index contributed by atoms with van der Waals surface area (Å²) in [5.74, 6) is 0.784. The molecule has 2 unspecified atom stereocenters. The Labute approximate surface area is 106 Å². The van der Waals surface area contributed by atoms with Crippen LogP contribution in [0, 0.1) is 0 Å². The number of rotatable bonds is 2. The maximum absolute atomic E-state index is 11.8. The van der Waals surface area contributed by atoms with E-state index in [9.17, 15) is 9.90 Å². The van der Waals surface area contributed by atoms with Gasteiger partial charge in [0.05, 0.1) is 6.10 Å². The van der Waals surface area contributed by atoms with E-state index in [1.807, 2.05) is 18.2 Å². The second-order valence-corrected chi connectivity index (χ2v) is 5.07. The Hall–Kier alpha value is -1.55. The number of likely N-dealkylation sites (N-methyl/N-ethyl adjacent to an activating group) is 1. The molecular formula is C14H17NO3. The fourth-order valence-corrected chi connectivity index (χ4v) is 2.71. The van der Waals surface area contributed by atoms with E-state index < -0.39 is 0 Å². The lowest BCUT2D eigenvalue weighted by Gasteiger charge is -2.14. The molecule has 0 saturated carbocycles. The molecule has 0 aromatic heterocycles. The maximum atomic E-state index is 11.8. The fraction of sp³-hybridized carbons (Fsp3) is 0.500. The van der Waals surface area contributed by atoms with Crippen LogP contribution in [-0.2, 0) is 11.2 Å². The van der Waals surface area contributed by atoms with Gasteiger partial charge in [-0.05, 0) is 36.1 Å². The number of aliphatic hydroxyl groups excluding tert-OH is 1. The number of amides is 1. The summed E-state index contributed by atoms with van der Waals surface area (Å²) in [6.07, 6.45) is 1.72. The van der Waals surface area contributed by atoms with Gasteiger partial charge < -0.3 is 14.7 Å². The molecule has 1 N–H and O–H groups in total. The summed E-state index contributed by atoms with van der Waals surface area (Å²) in [6, 6.07) is 5.71. The molecule has 96 valence electrons.